The zero-order chi connectivity index (χ0) is 18.4. The van der Waals surface area contributed by atoms with Gasteiger partial charge in [-0.1, -0.05) is 6.07 Å². The topological polar surface area (TPSA) is 90.7 Å². The summed E-state index contributed by atoms with van der Waals surface area (Å²) in [5, 5.41) is 2.94. The normalized spacial score (nSPS) is 20.6. The monoisotopic (exact) mass is 348 g/mol. The maximum Gasteiger partial charge on any atom is 0.407 e. The summed E-state index contributed by atoms with van der Waals surface area (Å²) in [6.07, 6.45) is 3.44. The number of primary amides is 1. The van der Waals surface area contributed by atoms with Gasteiger partial charge in [0.1, 0.15) is 11.4 Å². The molecule has 0 radical (unpaired) electrons. The average Bonchev–Trinajstić information content (AvgIpc) is 2.52. The van der Waals surface area contributed by atoms with Gasteiger partial charge in [-0.15, -0.1) is 0 Å². The fourth-order valence-corrected chi connectivity index (χ4v) is 2.90. The lowest BCUT2D eigenvalue weighted by Crippen LogP contribution is -2.41. The summed E-state index contributed by atoms with van der Waals surface area (Å²) < 4.78 is 11.1. The average molecular weight is 348 g/mol. The van der Waals surface area contributed by atoms with Crippen molar-refractivity contribution in [2.75, 3.05) is 6.61 Å². The zero-order valence-corrected chi connectivity index (χ0v) is 15.2. The van der Waals surface area contributed by atoms with Crippen LogP contribution in [-0.2, 0) is 4.74 Å². The Hall–Kier alpha value is -2.24. The molecule has 1 saturated carbocycles. The molecule has 138 valence electrons. The Morgan fingerprint density at radius 3 is 2.48 bits per heavy atom. The van der Waals surface area contributed by atoms with E-state index in [1.807, 2.05) is 26.8 Å². The van der Waals surface area contributed by atoms with Crippen molar-refractivity contribution < 1.29 is 19.1 Å². The predicted octanol–water partition coefficient (Wildman–Crippen LogP) is 3.25. The molecule has 6 nitrogen and oxygen atoms in total. The molecule has 1 aliphatic rings. The van der Waals surface area contributed by atoms with E-state index in [0.717, 1.165) is 25.7 Å². The maximum atomic E-state index is 11.8. The van der Waals surface area contributed by atoms with Crippen LogP contribution in [0.3, 0.4) is 0 Å². The van der Waals surface area contributed by atoms with E-state index in [9.17, 15) is 9.59 Å². The smallest absolute Gasteiger partial charge is 0.407 e. The van der Waals surface area contributed by atoms with E-state index in [4.69, 9.17) is 15.2 Å². The molecule has 0 spiro atoms. The van der Waals surface area contributed by atoms with Crippen molar-refractivity contribution in [3.8, 4) is 5.75 Å². The number of benzene rings is 1. The Labute approximate surface area is 149 Å². The third kappa shape index (κ3) is 6.64. The number of amides is 2. The van der Waals surface area contributed by atoms with Crippen LogP contribution in [0, 0.1) is 5.92 Å². The molecule has 3 N–H and O–H groups in total. The van der Waals surface area contributed by atoms with Crippen LogP contribution in [0.25, 0.3) is 0 Å². The summed E-state index contributed by atoms with van der Waals surface area (Å²) in [5.41, 5.74) is 5.25. The van der Waals surface area contributed by atoms with Crippen LogP contribution < -0.4 is 15.8 Å². The molecule has 2 amide bonds. The summed E-state index contributed by atoms with van der Waals surface area (Å²) in [6.45, 7) is 6.16. The molecular weight excluding hydrogens is 320 g/mol. The summed E-state index contributed by atoms with van der Waals surface area (Å²) in [7, 11) is 0. The molecule has 0 atom stereocenters. The molecule has 1 aliphatic carbocycles. The third-order valence-electron chi connectivity index (χ3n) is 4.17. The predicted molar refractivity (Wildman–Crippen MR) is 95.6 cm³/mol. The number of ether oxygens (including phenoxy) is 2. The number of carbonyl (C=O) groups is 2. The van der Waals surface area contributed by atoms with Crippen molar-refractivity contribution in [2.24, 2.45) is 11.7 Å². The van der Waals surface area contributed by atoms with Gasteiger partial charge >= 0.3 is 6.09 Å². The lowest BCUT2D eigenvalue weighted by molar-refractivity contribution is 0.0483. The van der Waals surface area contributed by atoms with Crippen LogP contribution in [0.4, 0.5) is 4.79 Å². The first-order chi connectivity index (χ1) is 11.7. The minimum Gasteiger partial charge on any atom is -0.493 e. The molecule has 25 heavy (non-hydrogen) atoms. The Balaban J connectivity index is 1.73. The molecule has 1 aromatic carbocycles. The highest BCUT2D eigenvalue weighted by atomic mass is 16.6. The standard InChI is InChI=1S/C19H28N2O4/c1-19(2,3)25-18(23)21-15-9-7-13(8-10-15)12-24-16-6-4-5-14(11-16)17(20)22/h4-6,11,13,15H,7-10,12H2,1-3H3,(H2,20,22)(H,21,23)/t13-,15-. The van der Waals surface area contributed by atoms with Crippen LogP contribution >= 0.6 is 0 Å². The Bertz CT molecular complexity index is 602. The van der Waals surface area contributed by atoms with Gasteiger partial charge in [0.15, 0.2) is 0 Å². The largest absolute Gasteiger partial charge is 0.493 e. The fourth-order valence-electron chi connectivity index (χ4n) is 2.90. The Morgan fingerprint density at radius 1 is 1.20 bits per heavy atom. The first kappa shape index (κ1) is 19.1. The highest BCUT2D eigenvalue weighted by Gasteiger charge is 2.25. The fraction of sp³-hybridized carbons (Fsp3) is 0.579. The molecule has 0 heterocycles. The van der Waals surface area contributed by atoms with Gasteiger partial charge in [0.25, 0.3) is 0 Å². The molecule has 1 fully saturated rings. The molecule has 0 aromatic heterocycles. The molecular formula is C19H28N2O4. The number of nitrogens with one attached hydrogen (secondary N) is 1. The molecule has 2 rings (SSSR count). The van der Waals surface area contributed by atoms with Gasteiger partial charge < -0.3 is 20.5 Å². The van der Waals surface area contributed by atoms with Crippen LogP contribution in [-0.4, -0.2) is 30.3 Å². The number of carbonyl (C=O) groups excluding carboxylic acids is 2. The quantitative estimate of drug-likeness (QED) is 0.854. The lowest BCUT2D eigenvalue weighted by Gasteiger charge is -2.30. The number of hydrogen-bond donors (Lipinski definition) is 2. The van der Waals surface area contributed by atoms with Gasteiger partial charge in [-0.05, 0) is 70.6 Å². The zero-order valence-electron chi connectivity index (χ0n) is 15.2. The van der Waals surface area contributed by atoms with Crippen LogP contribution in [0.2, 0.25) is 0 Å². The van der Waals surface area contributed by atoms with Gasteiger partial charge in [0.2, 0.25) is 5.91 Å². The van der Waals surface area contributed by atoms with Gasteiger partial charge in [0, 0.05) is 11.6 Å². The summed E-state index contributed by atoms with van der Waals surface area (Å²) >= 11 is 0. The van der Waals surface area contributed by atoms with E-state index in [-0.39, 0.29) is 12.1 Å². The van der Waals surface area contributed by atoms with Crippen molar-refractivity contribution in [3.63, 3.8) is 0 Å². The molecule has 0 aliphatic heterocycles. The van der Waals surface area contributed by atoms with Gasteiger partial charge in [0.05, 0.1) is 6.61 Å². The maximum absolute atomic E-state index is 11.8. The van der Waals surface area contributed by atoms with Crippen molar-refractivity contribution in [1.29, 1.82) is 0 Å². The van der Waals surface area contributed by atoms with Crippen molar-refractivity contribution in [2.45, 2.75) is 58.1 Å². The minimum atomic E-state index is -0.478. The highest BCUT2D eigenvalue weighted by molar-refractivity contribution is 5.93. The van der Waals surface area contributed by atoms with Crippen molar-refractivity contribution in [3.05, 3.63) is 29.8 Å². The van der Waals surface area contributed by atoms with E-state index in [1.165, 1.54) is 0 Å². The molecule has 0 unspecified atom stereocenters. The molecule has 0 saturated heterocycles. The summed E-state index contributed by atoms with van der Waals surface area (Å²) in [6, 6.07) is 7.07. The second-order valence-corrected chi connectivity index (χ2v) is 7.57. The van der Waals surface area contributed by atoms with Crippen LogP contribution in [0.5, 0.6) is 5.75 Å². The minimum absolute atomic E-state index is 0.157. The van der Waals surface area contributed by atoms with E-state index in [1.54, 1.807) is 18.2 Å². The number of nitrogens with two attached hydrogens (primary N) is 1. The highest BCUT2D eigenvalue weighted by Crippen LogP contribution is 2.26. The van der Waals surface area contributed by atoms with Gasteiger partial charge in [-0.2, -0.15) is 0 Å². The lowest BCUT2D eigenvalue weighted by atomic mass is 9.86. The first-order valence-electron chi connectivity index (χ1n) is 8.75. The van der Waals surface area contributed by atoms with E-state index in [2.05, 4.69) is 5.32 Å². The number of rotatable bonds is 5. The van der Waals surface area contributed by atoms with Crippen molar-refractivity contribution >= 4 is 12.0 Å². The van der Waals surface area contributed by atoms with E-state index in [0.29, 0.717) is 23.8 Å². The molecule has 6 heteroatoms. The number of alkyl carbamates (subject to hydrolysis) is 1. The molecule has 0 bridgehead atoms. The van der Waals surface area contributed by atoms with Crippen LogP contribution in [0.15, 0.2) is 24.3 Å². The molecule has 1 aromatic rings. The second-order valence-electron chi connectivity index (χ2n) is 7.57. The van der Waals surface area contributed by atoms with Gasteiger partial charge in [-0.25, -0.2) is 4.79 Å². The summed E-state index contributed by atoms with van der Waals surface area (Å²) in [5.74, 6) is 0.637. The SMILES string of the molecule is CC(C)(C)OC(=O)N[C@H]1CC[C@H](COc2cccc(C(N)=O)c2)CC1. The van der Waals surface area contributed by atoms with Crippen LogP contribution in [0.1, 0.15) is 56.8 Å². The second kappa shape index (κ2) is 8.23. The van der Waals surface area contributed by atoms with Crippen molar-refractivity contribution in [1.82, 2.24) is 5.32 Å². The Morgan fingerprint density at radius 2 is 1.88 bits per heavy atom. The number of hydrogen-bond acceptors (Lipinski definition) is 4. The first-order valence-corrected chi connectivity index (χ1v) is 8.75. The van der Waals surface area contributed by atoms with Gasteiger partial charge in [-0.3, -0.25) is 4.79 Å². The van der Waals surface area contributed by atoms with E-state index < -0.39 is 11.5 Å². The third-order valence-corrected chi connectivity index (χ3v) is 4.17. The Kier molecular flexibility index (Phi) is 6.28. The summed E-state index contributed by atoms with van der Waals surface area (Å²) in [4.78, 5) is 23.0. The van der Waals surface area contributed by atoms with E-state index >= 15 is 0 Å².